The van der Waals surface area contributed by atoms with Gasteiger partial charge in [-0.05, 0) is 0 Å². The minimum atomic E-state index is -5.17. The first kappa shape index (κ1) is 46.5. The molecule has 0 aliphatic heterocycles. The third-order valence-electron chi connectivity index (χ3n) is 0. The Morgan fingerprint density at radius 1 is 0.259 bits per heavy atom. The summed E-state index contributed by atoms with van der Waals surface area (Å²) in [5, 5.41) is 0. The third kappa shape index (κ3) is 9310. The minimum Gasteiger partial charge on any atom is -0.759 e. The van der Waals surface area contributed by atoms with E-state index in [9.17, 15) is 0 Å². The van der Waals surface area contributed by atoms with Crippen molar-refractivity contribution in [2.24, 2.45) is 0 Å². The van der Waals surface area contributed by atoms with E-state index in [2.05, 4.69) is 0 Å². The molecule has 0 rings (SSSR count). The van der Waals surface area contributed by atoms with E-state index in [0.29, 0.717) is 0 Å². The molecule has 0 aliphatic carbocycles. The molecule has 20 nitrogen and oxygen atoms in total. The summed E-state index contributed by atoms with van der Waals surface area (Å²) < 4.78 is 170. The van der Waals surface area contributed by atoms with Gasteiger partial charge in [0, 0.05) is 112 Å². The van der Waals surface area contributed by atoms with Crippen LogP contribution in [0, 0.1) is 59.9 Å². The van der Waals surface area contributed by atoms with E-state index in [1.165, 1.54) is 0 Å². The Bertz CT molecular complexity index is 619. The maximum Gasteiger partial charge on any atom is 0.0311 e. The van der Waals surface area contributed by atoms with Gasteiger partial charge in [0.1, 0.15) is 0 Å². The van der Waals surface area contributed by atoms with Gasteiger partial charge in [0.05, 0.1) is 0 Å². The fourth-order valence-electron chi connectivity index (χ4n) is 0. The molecule has 0 atom stereocenters. The molecule has 0 aromatic carbocycles. The van der Waals surface area contributed by atoms with E-state index in [1.807, 2.05) is 0 Å². The summed E-state index contributed by atoms with van der Waals surface area (Å²) in [7, 11) is -25.8. The number of hydrogen-bond acceptors (Lipinski definition) is 20. The van der Waals surface area contributed by atoms with E-state index < -0.39 is 52.0 Å². The molecular weight excluding hydrogens is 954 g/mol. The van der Waals surface area contributed by atoms with Gasteiger partial charge in [0.15, 0.2) is 0 Å². The molecule has 0 amide bonds. The summed E-state index contributed by atoms with van der Waals surface area (Å²) in [6.07, 6.45) is 0. The van der Waals surface area contributed by atoms with Crippen LogP contribution in [0.3, 0.4) is 0 Å². The van der Waals surface area contributed by atoms with Crippen LogP contribution in [-0.4, -0.2) is 87.6 Å². The summed E-state index contributed by atoms with van der Waals surface area (Å²) in [6, 6.07) is 0. The maximum atomic E-state index is 8.52. The second-order valence-electron chi connectivity index (χ2n) is 2.04. The van der Waals surface area contributed by atoms with Crippen molar-refractivity contribution in [3.8, 4) is 0 Å². The Kier molecular flexibility index (Phi) is 33.3. The van der Waals surface area contributed by atoms with Crippen molar-refractivity contribution in [3.63, 3.8) is 0 Å². The molecule has 0 bridgehead atoms. The number of rotatable bonds is 0. The van der Waals surface area contributed by atoms with Crippen LogP contribution in [0.1, 0.15) is 0 Å². The second kappa shape index (κ2) is 19.3. The molecule has 0 spiro atoms. The molecule has 2 radical (unpaired) electrons. The van der Waals surface area contributed by atoms with E-state index in [4.69, 9.17) is 87.6 Å². The predicted octanol–water partition coefficient (Wildman–Crippen LogP) is -6.69. The van der Waals surface area contributed by atoms with Crippen LogP contribution < -0.4 is 0 Å². The second-order valence-corrected chi connectivity index (χ2v) is 6.12. The molecule has 0 heterocycles. The first-order valence-electron chi connectivity index (χ1n) is 3.33. The van der Waals surface area contributed by atoms with Crippen LogP contribution in [0.15, 0.2) is 0 Å². The van der Waals surface area contributed by atoms with E-state index >= 15 is 0 Å². The van der Waals surface area contributed by atoms with Crippen molar-refractivity contribution >= 4 is 52.0 Å². The first-order valence-corrected chi connectivity index (χ1v) is 10.0. The van der Waals surface area contributed by atoms with Crippen LogP contribution in [0.4, 0.5) is 0 Å². The van der Waals surface area contributed by atoms with Crippen molar-refractivity contribution < 1.29 is 148 Å². The van der Waals surface area contributed by atoms with Crippen LogP contribution in [-0.2, 0) is 52.0 Å². The molecule has 0 aromatic rings. The van der Waals surface area contributed by atoms with Crippen molar-refractivity contribution in [1.29, 1.82) is 0 Å². The monoisotopic (exact) mass is 952 g/mol. The average Bonchev–Trinajstić information content (AvgIpc) is 1.79. The van der Waals surface area contributed by atoms with Crippen LogP contribution >= 0.6 is 0 Å². The SMILES string of the molecule is O=S(=O)([O-])[O-].O=S(=O)([O-])[O-].O=S(=O)([O-])[O-].O=S(=O)([O-])[O-].O=S(=O)([O-])[O-].[Np].[Np]. The van der Waals surface area contributed by atoms with Crippen molar-refractivity contribution in [2.45, 2.75) is 0 Å². The van der Waals surface area contributed by atoms with E-state index in [1.54, 1.807) is 0 Å². The first-order chi connectivity index (χ1) is 10.0. The molecule has 0 unspecified atom stereocenters. The van der Waals surface area contributed by atoms with E-state index in [-0.39, 0.29) is 59.9 Å². The molecule has 170 valence electrons. The smallest absolute Gasteiger partial charge is 0.0311 e. The van der Waals surface area contributed by atoms with Crippen LogP contribution in [0.2, 0.25) is 0 Å². The van der Waals surface area contributed by atoms with Gasteiger partial charge < -0.3 is 45.5 Å². The molecule has 0 aromatic heterocycles. The Balaban J connectivity index is -0.0000000364. The van der Waals surface area contributed by atoms with Gasteiger partial charge in [-0.25, -0.2) is 0 Å². The topological polar surface area (TPSA) is 401 Å². The Morgan fingerprint density at radius 2 is 0.259 bits per heavy atom. The molecular formula is Np2O20S5-10. The van der Waals surface area contributed by atoms with Gasteiger partial charge in [-0.15, -0.1) is 0 Å². The molecule has 0 aliphatic rings. The molecule has 0 N–H and O–H groups in total. The zero-order valence-electron chi connectivity index (χ0n) is 11.1. The number of hydrogen-bond donors (Lipinski definition) is 0. The van der Waals surface area contributed by atoms with Crippen molar-refractivity contribution in [1.82, 2.24) is 0 Å². The fourth-order valence-corrected chi connectivity index (χ4v) is 0. The van der Waals surface area contributed by atoms with Gasteiger partial charge in [0.25, 0.3) is 0 Å². The van der Waals surface area contributed by atoms with Crippen molar-refractivity contribution in [2.75, 3.05) is 0 Å². The third-order valence-corrected chi connectivity index (χ3v) is 0. The van der Waals surface area contributed by atoms with Gasteiger partial charge in [-0.1, -0.05) is 0 Å². The van der Waals surface area contributed by atoms with E-state index in [0.717, 1.165) is 0 Å². The van der Waals surface area contributed by atoms with Gasteiger partial charge in [-0.2, -0.15) is 0 Å². The Hall–Kier alpha value is 1.38. The molecule has 0 fully saturated rings. The zero-order chi connectivity index (χ0) is 22.5. The summed E-state index contributed by atoms with van der Waals surface area (Å²) >= 11 is 0. The molecule has 27 heavy (non-hydrogen) atoms. The average molecular weight is 954 g/mol. The van der Waals surface area contributed by atoms with Gasteiger partial charge >= 0.3 is 0 Å². The molecule has 27 heteroatoms. The molecule has 0 saturated heterocycles. The minimum absolute atomic E-state index is 0. The maximum absolute atomic E-state index is 8.52. The largest absolute Gasteiger partial charge is 0.759 e. The van der Waals surface area contributed by atoms with Gasteiger partial charge in [-0.3, -0.25) is 42.1 Å². The quantitative estimate of drug-likeness (QED) is 0.161. The van der Waals surface area contributed by atoms with Crippen LogP contribution in [0.5, 0.6) is 0 Å². The standard InChI is InChI=1S/2Np.5H2O4S/c;;5*1-5(2,3)4/h;;5*(H2,1,2,3,4)/p-10. The summed E-state index contributed by atoms with van der Waals surface area (Å²) in [5.41, 5.74) is 0. The van der Waals surface area contributed by atoms with Crippen molar-refractivity contribution in [3.05, 3.63) is 0 Å². The summed E-state index contributed by atoms with van der Waals surface area (Å²) in [4.78, 5) is 0. The fraction of sp³-hybridized carbons (Fsp3) is 0. The zero-order valence-corrected chi connectivity index (χ0v) is 22.6. The predicted molar refractivity (Wildman–Crippen MR) is 52.4 cm³/mol. The van der Waals surface area contributed by atoms with Gasteiger partial charge in [0.2, 0.25) is 0 Å². The summed E-state index contributed by atoms with van der Waals surface area (Å²) in [5.74, 6) is 0. The Morgan fingerprint density at radius 3 is 0.259 bits per heavy atom. The van der Waals surface area contributed by atoms with Crippen LogP contribution in [0.25, 0.3) is 0 Å². The summed E-state index contributed by atoms with van der Waals surface area (Å²) in [6.45, 7) is 0. The normalized spacial score (nSPS) is 10.7. The molecule has 0 saturated carbocycles. The Labute approximate surface area is 197 Å².